The molecule has 3 unspecified atom stereocenters. The van der Waals surface area contributed by atoms with Gasteiger partial charge in [-0.3, -0.25) is 0 Å². The van der Waals surface area contributed by atoms with Crippen LogP contribution in [-0.2, 0) is 4.74 Å². The predicted molar refractivity (Wildman–Crippen MR) is 45.2 cm³/mol. The standard InChI is InChI=1S/C8H18N2O/c1-11-8-4-6(5-9)2-3-7(8)10/h6-8H,2-5,9-10H2,1H3. The molecule has 1 aliphatic rings. The van der Waals surface area contributed by atoms with Gasteiger partial charge in [0.25, 0.3) is 0 Å². The Hall–Kier alpha value is -0.120. The number of nitrogens with two attached hydrogens (primary N) is 2. The minimum absolute atomic E-state index is 0.225. The first-order chi connectivity index (χ1) is 5.27. The van der Waals surface area contributed by atoms with Gasteiger partial charge < -0.3 is 16.2 Å². The maximum Gasteiger partial charge on any atom is 0.0725 e. The molecule has 0 amide bonds. The molecular formula is C8H18N2O. The Kier molecular flexibility index (Phi) is 3.30. The van der Waals surface area contributed by atoms with Crippen LogP contribution < -0.4 is 11.5 Å². The van der Waals surface area contributed by atoms with Crippen LogP contribution in [0.25, 0.3) is 0 Å². The Balaban J connectivity index is 2.37. The molecule has 0 bridgehead atoms. The van der Waals surface area contributed by atoms with Crippen molar-refractivity contribution in [2.45, 2.75) is 31.4 Å². The zero-order valence-electron chi connectivity index (χ0n) is 7.12. The minimum atomic E-state index is 0.225. The zero-order chi connectivity index (χ0) is 8.27. The predicted octanol–water partition coefficient (Wildman–Crippen LogP) is 0.0875. The normalized spacial score (nSPS) is 39.0. The van der Waals surface area contributed by atoms with Crippen molar-refractivity contribution < 1.29 is 4.74 Å². The fraction of sp³-hybridized carbons (Fsp3) is 1.00. The van der Waals surface area contributed by atoms with Gasteiger partial charge in [-0.2, -0.15) is 0 Å². The van der Waals surface area contributed by atoms with E-state index in [9.17, 15) is 0 Å². The zero-order valence-corrected chi connectivity index (χ0v) is 7.12. The summed E-state index contributed by atoms with van der Waals surface area (Å²) in [5.74, 6) is 0.625. The van der Waals surface area contributed by atoms with E-state index in [1.165, 1.54) is 0 Å². The summed E-state index contributed by atoms with van der Waals surface area (Å²) in [7, 11) is 1.73. The summed E-state index contributed by atoms with van der Waals surface area (Å²) in [5.41, 5.74) is 11.4. The smallest absolute Gasteiger partial charge is 0.0725 e. The van der Waals surface area contributed by atoms with E-state index in [1.54, 1.807) is 7.11 Å². The van der Waals surface area contributed by atoms with Crippen LogP contribution in [0.4, 0.5) is 0 Å². The lowest BCUT2D eigenvalue weighted by Crippen LogP contribution is -2.42. The van der Waals surface area contributed by atoms with Crippen LogP contribution in [0.15, 0.2) is 0 Å². The molecule has 1 aliphatic carbocycles. The number of hydrogen-bond donors (Lipinski definition) is 2. The Morgan fingerprint density at radius 1 is 1.45 bits per heavy atom. The van der Waals surface area contributed by atoms with Crippen molar-refractivity contribution in [3.05, 3.63) is 0 Å². The molecular weight excluding hydrogens is 140 g/mol. The topological polar surface area (TPSA) is 61.3 Å². The largest absolute Gasteiger partial charge is 0.380 e. The quantitative estimate of drug-likeness (QED) is 0.598. The highest BCUT2D eigenvalue weighted by Gasteiger charge is 2.26. The molecule has 3 atom stereocenters. The molecule has 3 heteroatoms. The Morgan fingerprint density at radius 3 is 2.73 bits per heavy atom. The van der Waals surface area contributed by atoms with E-state index in [4.69, 9.17) is 16.2 Å². The first-order valence-corrected chi connectivity index (χ1v) is 4.26. The van der Waals surface area contributed by atoms with E-state index in [1.807, 2.05) is 0 Å². The van der Waals surface area contributed by atoms with E-state index in [0.29, 0.717) is 5.92 Å². The molecule has 4 N–H and O–H groups in total. The van der Waals surface area contributed by atoms with Gasteiger partial charge >= 0.3 is 0 Å². The van der Waals surface area contributed by atoms with Crippen LogP contribution in [0, 0.1) is 5.92 Å². The van der Waals surface area contributed by atoms with Crippen LogP contribution >= 0.6 is 0 Å². The van der Waals surface area contributed by atoms with E-state index in [0.717, 1.165) is 25.8 Å². The van der Waals surface area contributed by atoms with Crippen molar-refractivity contribution in [2.24, 2.45) is 17.4 Å². The molecule has 0 saturated heterocycles. The highest BCUT2D eigenvalue weighted by Crippen LogP contribution is 2.24. The number of methoxy groups -OCH3 is 1. The summed E-state index contributed by atoms with van der Waals surface area (Å²) < 4.78 is 5.25. The molecule has 11 heavy (non-hydrogen) atoms. The van der Waals surface area contributed by atoms with Gasteiger partial charge in [-0.1, -0.05) is 0 Å². The lowest BCUT2D eigenvalue weighted by Gasteiger charge is -2.32. The summed E-state index contributed by atoms with van der Waals surface area (Å²) in [6.45, 7) is 0.770. The van der Waals surface area contributed by atoms with Crippen LogP contribution in [0.5, 0.6) is 0 Å². The molecule has 0 aromatic rings. The highest BCUT2D eigenvalue weighted by atomic mass is 16.5. The van der Waals surface area contributed by atoms with Crippen molar-refractivity contribution in [3.8, 4) is 0 Å². The maximum absolute atomic E-state index is 5.84. The van der Waals surface area contributed by atoms with E-state index in [2.05, 4.69) is 0 Å². The second-order valence-electron chi connectivity index (χ2n) is 3.35. The molecule has 0 radical (unpaired) electrons. The van der Waals surface area contributed by atoms with Crippen LogP contribution in [0.2, 0.25) is 0 Å². The van der Waals surface area contributed by atoms with Gasteiger partial charge in [-0.15, -0.1) is 0 Å². The molecule has 3 nitrogen and oxygen atoms in total. The van der Waals surface area contributed by atoms with E-state index >= 15 is 0 Å². The average molecular weight is 158 g/mol. The van der Waals surface area contributed by atoms with Crippen LogP contribution in [-0.4, -0.2) is 25.8 Å². The van der Waals surface area contributed by atoms with Gasteiger partial charge in [0.1, 0.15) is 0 Å². The summed E-state index contributed by atoms with van der Waals surface area (Å²) in [5, 5.41) is 0. The molecule has 0 aromatic heterocycles. The number of ether oxygens (including phenoxy) is 1. The van der Waals surface area contributed by atoms with Crippen molar-refractivity contribution >= 4 is 0 Å². The number of hydrogen-bond acceptors (Lipinski definition) is 3. The Bertz CT molecular complexity index is 119. The van der Waals surface area contributed by atoms with Gasteiger partial charge in [0.2, 0.25) is 0 Å². The lowest BCUT2D eigenvalue weighted by atomic mass is 9.84. The Morgan fingerprint density at radius 2 is 2.18 bits per heavy atom. The van der Waals surface area contributed by atoms with Gasteiger partial charge in [-0.25, -0.2) is 0 Å². The molecule has 0 aromatic carbocycles. The molecule has 0 aliphatic heterocycles. The average Bonchev–Trinajstić information content (AvgIpc) is 2.05. The van der Waals surface area contributed by atoms with Crippen molar-refractivity contribution in [1.82, 2.24) is 0 Å². The third-order valence-corrected chi connectivity index (χ3v) is 2.59. The van der Waals surface area contributed by atoms with Gasteiger partial charge in [0.15, 0.2) is 0 Å². The SMILES string of the molecule is COC1CC(CN)CCC1N. The molecule has 1 saturated carbocycles. The van der Waals surface area contributed by atoms with E-state index in [-0.39, 0.29) is 12.1 Å². The van der Waals surface area contributed by atoms with Crippen LogP contribution in [0.1, 0.15) is 19.3 Å². The van der Waals surface area contributed by atoms with Crippen molar-refractivity contribution in [2.75, 3.05) is 13.7 Å². The van der Waals surface area contributed by atoms with Crippen molar-refractivity contribution in [3.63, 3.8) is 0 Å². The van der Waals surface area contributed by atoms with E-state index < -0.39 is 0 Å². The van der Waals surface area contributed by atoms with Crippen molar-refractivity contribution in [1.29, 1.82) is 0 Å². The van der Waals surface area contributed by atoms with Gasteiger partial charge in [-0.05, 0) is 31.7 Å². The van der Waals surface area contributed by atoms with Crippen LogP contribution in [0.3, 0.4) is 0 Å². The highest BCUT2D eigenvalue weighted by molar-refractivity contribution is 4.83. The van der Waals surface area contributed by atoms with Gasteiger partial charge in [0, 0.05) is 13.2 Å². The first-order valence-electron chi connectivity index (χ1n) is 4.26. The second-order valence-corrected chi connectivity index (χ2v) is 3.35. The summed E-state index contributed by atoms with van der Waals surface area (Å²) in [4.78, 5) is 0. The summed E-state index contributed by atoms with van der Waals surface area (Å²) in [6, 6.07) is 0.225. The molecule has 66 valence electrons. The second kappa shape index (κ2) is 4.04. The first kappa shape index (κ1) is 8.97. The Labute approximate surface area is 68.1 Å². The third kappa shape index (κ3) is 2.15. The maximum atomic E-state index is 5.84. The summed E-state index contributed by atoms with van der Waals surface area (Å²) >= 11 is 0. The lowest BCUT2D eigenvalue weighted by molar-refractivity contribution is 0.0364. The molecule has 1 rings (SSSR count). The van der Waals surface area contributed by atoms with Gasteiger partial charge in [0.05, 0.1) is 6.10 Å². The molecule has 1 fully saturated rings. The number of rotatable bonds is 2. The summed E-state index contributed by atoms with van der Waals surface area (Å²) in [6.07, 6.45) is 3.49. The fourth-order valence-corrected chi connectivity index (χ4v) is 1.72. The molecule has 0 spiro atoms. The molecule has 0 heterocycles. The fourth-order valence-electron chi connectivity index (χ4n) is 1.72. The minimum Gasteiger partial charge on any atom is -0.380 e. The monoisotopic (exact) mass is 158 g/mol. The third-order valence-electron chi connectivity index (χ3n) is 2.59.